The van der Waals surface area contributed by atoms with Crippen LogP contribution in [0, 0.1) is 0 Å². The summed E-state index contributed by atoms with van der Waals surface area (Å²) in [5.74, 6) is 0. The van der Waals surface area contributed by atoms with Gasteiger partial charge in [0.15, 0.2) is 0 Å². The van der Waals surface area contributed by atoms with Crippen molar-refractivity contribution in [2.75, 3.05) is 26.2 Å². The number of piperazine rings is 1. The fraction of sp³-hybridized carbons (Fsp3) is 0.412. The van der Waals surface area contributed by atoms with Crippen LogP contribution in [0.4, 0.5) is 0 Å². The lowest BCUT2D eigenvalue weighted by molar-refractivity contribution is 0.173. The highest BCUT2D eigenvalue weighted by atomic mass is 35.5. The summed E-state index contributed by atoms with van der Waals surface area (Å²) in [7, 11) is 0. The third kappa shape index (κ3) is 4.24. The van der Waals surface area contributed by atoms with Gasteiger partial charge in [0.2, 0.25) is 0 Å². The van der Waals surface area contributed by atoms with E-state index in [1.165, 1.54) is 21.2 Å². The SMILES string of the molecule is C=C(C)C[C@H](c1csc2ccccc12)N1CCNCC1.Cl.Cl. The molecule has 2 aromatic rings. The molecule has 1 aromatic carbocycles. The summed E-state index contributed by atoms with van der Waals surface area (Å²) >= 11 is 1.86. The monoisotopic (exact) mass is 358 g/mol. The molecule has 1 aliphatic rings. The lowest BCUT2D eigenvalue weighted by Crippen LogP contribution is -2.45. The number of nitrogens with zero attached hydrogens (tertiary/aromatic N) is 1. The highest BCUT2D eigenvalue weighted by Crippen LogP contribution is 2.36. The van der Waals surface area contributed by atoms with Crippen molar-refractivity contribution in [2.24, 2.45) is 0 Å². The Kier molecular flexibility index (Phi) is 7.87. The number of hydrogen-bond donors (Lipinski definition) is 1. The molecular weight excluding hydrogens is 335 g/mol. The van der Waals surface area contributed by atoms with Crippen LogP contribution in [0.25, 0.3) is 10.1 Å². The number of thiophene rings is 1. The molecule has 22 heavy (non-hydrogen) atoms. The van der Waals surface area contributed by atoms with Crippen LogP contribution >= 0.6 is 36.2 Å². The molecule has 1 N–H and O–H groups in total. The molecule has 0 amide bonds. The van der Waals surface area contributed by atoms with Crippen molar-refractivity contribution in [1.29, 1.82) is 0 Å². The molecule has 2 nitrogen and oxygen atoms in total. The highest BCUT2D eigenvalue weighted by Gasteiger charge is 2.24. The van der Waals surface area contributed by atoms with Crippen molar-refractivity contribution in [1.82, 2.24) is 10.2 Å². The molecule has 0 saturated carbocycles. The van der Waals surface area contributed by atoms with E-state index in [9.17, 15) is 0 Å². The Labute approximate surface area is 149 Å². The van der Waals surface area contributed by atoms with Crippen LogP contribution in [0.3, 0.4) is 0 Å². The van der Waals surface area contributed by atoms with Crippen molar-refractivity contribution in [3.63, 3.8) is 0 Å². The van der Waals surface area contributed by atoms with Gasteiger partial charge in [-0.15, -0.1) is 42.7 Å². The summed E-state index contributed by atoms with van der Waals surface area (Å²) < 4.78 is 1.39. The first-order valence-electron chi connectivity index (χ1n) is 7.31. The summed E-state index contributed by atoms with van der Waals surface area (Å²) in [6.45, 7) is 10.7. The Morgan fingerprint density at radius 3 is 2.64 bits per heavy atom. The van der Waals surface area contributed by atoms with E-state index in [-0.39, 0.29) is 24.8 Å². The van der Waals surface area contributed by atoms with Crippen LogP contribution in [0.2, 0.25) is 0 Å². The zero-order valence-corrected chi connectivity index (χ0v) is 15.3. The summed E-state index contributed by atoms with van der Waals surface area (Å²) in [6, 6.07) is 9.23. The van der Waals surface area contributed by atoms with Crippen molar-refractivity contribution < 1.29 is 0 Å². The molecule has 1 fully saturated rings. The van der Waals surface area contributed by atoms with E-state index >= 15 is 0 Å². The molecule has 0 bridgehead atoms. The van der Waals surface area contributed by atoms with Gasteiger partial charge in [0.05, 0.1) is 0 Å². The number of hydrogen-bond acceptors (Lipinski definition) is 3. The molecule has 2 heterocycles. The summed E-state index contributed by atoms with van der Waals surface area (Å²) in [4.78, 5) is 2.61. The minimum atomic E-state index is 0. The molecule has 5 heteroatoms. The summed E-state index contributed by atoms with van der Waals surface area (Å²) in [5.41, 5.74) is 2.75. The molecule has 1 aromatic heterocycles. The van der Waals surface area contributed by atoms with Gasteiger partial charge in [-0.05, 0) is 35.7 Å². The van der Waals surface area contributed by atoms with Gasteiger partial charge < -0.3 is 5.32 Å². The normalized spacial score (nSPS) is 16.6. The van der Waals surface area contributed by atoms with Crippen LogP contribution in [-0.4, -0.2) is 31.1 Å². The third-order valence-corrected chi connectivity index (χ3v) is 4.99. The molecule has 0 spiro atoms. The van der Waals surface area contributed by atoms with E-state index in [1.54, 1.807) is 0 Å². The lowest BCUT2D eigenvalue weighted by atomic mass is 9.97. The van der Waals surface area contributed by atoms with Gasteiger partial charge in [0, 0.05) is 36.9 Å². The van der Waals surface area contributed by atoms with Crippen LogP contribution < -0.4 is 5.32 Å². The number of benzene rings is 1. The maximum Gasteiger partial charge on any atom is 0.0400 e. The molecule has 3 rings (SSSR count). The number of nitrogens with one attached hydrogen (secondary N) is 1. The minimum Gasteiger partial charge on any atom is -0.314 e. The lowest BCUT2D eigenvalue weighted by Gasteiger charge is -2.35. The molecule has 1 aliphatic heterocycles. The van der Waals surface area contributed by atoms with E-state index < -0.39 is 0 Å². The predicted octanol–water partition coefficient (Wildman–Crippen LogP) is 4.66. The molecule has 1 atom stereocenters. The van der Waals surface area contributed by atoms with Crippen LogP contribution in [0.5, 0.6) is 0 Å². The second-order valence-electron chi connectivity index (χ2n) is 5.65. The zero-order chi connectivity index (χ0) is 13.9. The van der Waals surface area contributed by atoms with E-state index in [4.69, 9.17) is 0 Å². The second-order valence-corrected chi connectivity index (χ2v) is 6.56. The predicted molar refractivity (Wildman–Crippen MR) is 103 cm³/mol. The molecule has 0 unspecified atom stereocenters. The van der Waals surface area contributed by atoms with E-state index in [0.717, 1.165) is 32.6 Å². The van der Waals surface area contributed by atoms with Crippen molar-refractivity contribution in [3.8, 4) is 0 Å². The zero-order valence-electron chi connectivity index (χ0n) is 12.9. The van der Waals surface area contributed by atoms with Crippen molar-refractivity contribution in [3.05, 3.63) is 47.4 Å². The van der Waals surface area contributed by atoms with Gasteiger partial charge in [0.25, 0.3) is 0 Å². The van der Waals surface area contributed by atoms with Gasteiger partial charge >= 0.3 is 0 Å². The number of fused-ring (bicyclic) bond motifs is 1. The highest BCUT2D eigenvalue weighted by molar-refractivity contribution is 7.17. The van der Waals surface area contributed by atoms with Gasteiger partial charge in [0.1, 0.15) is 0 Å². The van der Waals surface area contributed by atoms with E-state index in [1.807, 2.05) is 11.3 Å². The quantitative estimate of drug-likeness (QED) is 0.799. The largest absolute Gasteiger partial charge is 0.314 e. The smallest absolute Gasteiger partial charge is 0.0400 e. The molecule has 0 radical (unpaired) electrons. The average Bonchev–Trinajstić information content (AvgIpc) is 2.89. The Bertz CT molecular complexity index is 605. The maximum atomic E-state index is 4.14. The third-order valence-electron chi connectivity index (χ3n) is 4.00. The standard InChI is InChI=1S/C17H22N2S.2ClH/c1-13(2)11-16(19-9-7-18-8-10-19)15-12-20-17-6-4-3-5-14(15)17;;/h3-6,12,16,18H,1,7-11H2,2H3;2*1H/t16-;;/m1../s1. The molecule has 1 saturated heterocycles. The fourth-order valence-corrected chi connectivity index (χ4v) is 4.02. The Morgan fingerprint density at radius 2 is 1.95 bits per heavy atom. The first-order valence-corrected chi connectivity index (χ1v) is 8.19. The van der Waals surface area contributed by atoms with Crippen LogP contribution in [0.1, 0.15) is 24.9 Å². The molecule has 0 aliphatic carbocycles. The Balaban J connectivity index is 0.00000121. The van der Waals surface area contributed by atoms with Gasteiger partial charge in [-0.1, -0.05) is 23.8 Å². The van der Waals surface area contributed by atoms with Gasteiger partial charge in [-0.25, -0.2) is 0 Å². The summed E-state index contributed by atoms with van der Waals surface area (Å²) in [6.07, 6.45) is 1.06. The fourth-order valence-electron chi connectivity index (χ4n) is 3.02. The van der Waals surface area contributed by atoms with E-state index in [0.29, 0.717) is 6.04 Å². The Morgan fingerprint density at radius 1 is 1.27 bits per heavy atom. The van der Waals surface area contributed by atoms with E-state index in [2.05, 4.69) is 53.4 Å². The van der Waals surface area contributed by atoms with Crippen molar-refractivity contribution in [2.45, 2.75) is 19.4 Å². The first-order chi connectivity index (χ1) is 9.75. The molecule has 122 valence electrons. The minimum absolute atomic E-state index is 0. The number of halogens is 2. The topological polar surface area (TPSA) is 15.3 Å². The Hall–Kier alpha value is -0.580. The second kappa shape index (κ2) is 8.90. The molecular formula is C17H24Cl2N2S. The van der Waals surface area contributed by atoms with Gasteiger partial charge in [-0.3, -0.25) is 4.90 Å². The number of rotatable bonds is 4. The van der Waals surface area contributed by atoms with Crippen LogP contribution in [-0.2, 0) is 0 Å². The van der Waals surface area contributed by atoms with Crippen LogP contribution in [0.15, 0.2) is 41.8 Å². The van der Waals surface area contributed by atoms with Crippen molar-refractivity contribution >= 4 is 46.2 Å². The maximum absolute atomic E-state index is 4.14. The first kappa shape index (κ1) is 19.5. The summed E-state index contributed by atoms with van der Waals surface area (Å²) in [5, 5.41) is 7.21. The van der Waals surface area contributed by atoms with Gasteiger partial charge in [-0.2, -0.15) is 0 Å². The average molecular weight is 359 g/mol.